The second-order valence-corrected chi connectivity index (χ2v) is 2.69. The maximum absolute atomic E-state index is 10.8. The first-order valence-electron chi connectivity index (χ1n) is 4.17. The number of rotatable bonds is 5. The zero-order chi connectivity index (χ0) is 9.68. The Hall–Kier alpha value is -1.29. The van der Waals surface area contributed by atoms with Gasteiger partial charge in [0.25, 0.3) is 0 Å². The van der Waals surface area contributed by atoms with Gasteiger partial charge in [0.1, 0.15) is 18.5 Å². The highest BCUT2D eigenvalue weighted by molar-refractivity contribution is 5.78. The van der Waals surface area contributed by atoms with Crippen LogP contribution in [0.25, 0.3) is 0 Å². The summed E-state index contributed by atoms with van der Waals surface area (Å²) in [7, 11) is 0. The summed E-state index contributed by atoms with van der Waals surface area (Å²) in [6, 6.07) is 3.55. The van der Waals surface area contributed by atoms with Crippen LogP contribution in [0.1, 0.15) is 19.1 Å². The summed E-state index contributed by atoms with van der Waals surface area (Å²) >= 11 is 0. The molecule has 0 saturated carbocycles. The first-order valence-corrected chi connectivity index (χ1v) is 4.17. The summed E-state index contributed by atoms with van der Waals surface area (Å²) in [5.41, 5.74) is 5.09. The first kappa shape index (κ1) is 9.80. The topological polar surface area (TPSA) is 65.5 Å². The van der Waals surface area contributed by atoms with Crippen LogP contribution in [0.2, 0.25) is 0 Å². The van der Waals surface area contributed by atoms with Crippen molar-refractivity contribution in [3.05, 3.63) is 24.2 Å². The van der Waals surface area contributed by atoms with Crippen LogP contribution in [0.4, 0.5) is 0 Å². The van der Waals surface area contributed by atoms with Crippen LogP contribution in [0.15, 0.2) is 22.8 Å². The van der Waals surface area contributed by atoms with Gasteiger partial charge in [-0.1, -0.05) is 6.92 Å². The lowest BCUT2D eigenvalue weighted by Gasteiger charge is -2.10. The third-order valence-electron chi connectivity index (χ3n) is 1.70. The molecular weight excluding hydrogens is 170 g/mol. The van der Waals surface area contributed by atoms with Crippen LogP contribution in [0.3, 0.4) is 0 Å². The van der Waals surface area contributed by atoms with Crippen molar-refractivity contribution in [2.75, 3.05) is 0 Å². The highest BCUT2D eigenvalue weighted by Crippen LogP contribution is 2.05. The molecule has 4 heteroatoms. The van der Waals surface area contributed by atoms with Crippen LogP contribution < -0.4 is 5.73 Å². The smallest absolute Gasteiger partial charge is 0.246 e. The fourth-order valence-corrected chi connectivity index (χ4v) is 0.979. The molecule has 0 fully saturated rings. The van der Waals surface area contributed by atoms with Gasteiger partial charge < -0.3 is 14.9 Å². The molecule has 72 valence electrons. The third-order valence-corrected chi connectivity index (χ3v) is 1.70. The molecule has 0 aromatic carbocycles. The number of amides is 1. The average Bonchev–Trinajstić information content (AvgIpc) is 2.57. The van der Waals surface area contributed by atoms with Crippen LogP contribution in [-0.4, -0.2) is 12.0 Å². The maximum atomic E-state index is 10.8. The highest BCUT2D eigenvalue weighted by atomic mass is 16.5. The standard InChI is InChI=1S/C9H13NO3/c1-2-8(9(10)11)13-6-7-4-3-5-12-7/h3-5,8H,2,6H2,1H3,(H2,10,11). The van der Waals surface area contributed by atoms with E-state index in [2.05, 4.69) is 0 Å². The molecule has 0 saturated heterocycles. The molecular formula is C9H13NO3. The molecule has 0 spiro atoms. The number of carbonyl (C=O) groups excluding carboxylic acids is 1. The Balaban J connectivity index is 2.36. The monoisotopic (exact) mass is 183 g/mol. The number of carbonyl (C=O) groups is 1. The number of hydrogen-bond donors (Lipinski definition) is 1. The number of ether oxygens (including phenoxy) is 1. The predicted molar refractivity (Wildman–Crippen MR) is 46.8 cm³/mol. The summed E-state index contributed by atoms with van der Waals surface area (Å²) in [5, 5.41) is 0. The molecule has 0 aliphatic heterocycles. The van der Waals surface area contributed by atoms with Crippen molar-refractivity contribution >= 4 is 5.91 Å². The van der Waals surface area contributed by atoms with Crippen molar-refractivity contribution < 1.29 is 13.9 Å². The summed E-state index contributed by atoms with van der Waals surface area (Å²) in [6.07, 6.45) is 1.62. The Bertz CT molecular complexity index is 256. The van der Waals surface area contributed by atoms with E-state index < -0.39 is 12.0 Å². The molecule has 13 heavy (non-hydrogen) atoms. The Morgan fingerprint density at radius 2 is 2.54 bits per heavy atom. The maximum Gasteiger partial charge on any atom is 0.246 e. The van der Waals surface area contributed by atoms with Gasteiger partial charge in [0, 0.05) is 0 Å². The quantitative estimate of drug-likeness (QED) is 0.742. The van der Waals surface area contributed by atoms with Crippen molar-refractivity contribution in [2.24, 2.45) is 5.73 Å². The third kappa shape index (κ3) is 2.91. The lowest BCUT2D eigenvalue weighted by Crippen LogP contribution is -2.30. The Morgan fingerprint density at radius 1 is 1.77 bits per heavy atom. The Morgan fingerprint density at radius 3 is 3.00 bits per heavy atom. The molecule has 1 unspecified atom stereocenters. The average molecular weight is 183 g/mol. The van der Waals surface area contributed by atoms with Crippen LogP contribution in [0, 0.1) is 0 Å². The predicted octanol–water partition coefficient (Wildman–Crippen LogP) is 1.06. The van der Waals surface area contributed by atoms with Gasteiger partial charge in [-0.15, -0.1) is 0 Å². The number of hydrogen-bond acceptors (Lipinski definition) is 3. The number of nitrogens with two attached hydrogens (primary N) is 1. The zero-order valence-electron chi connectivity index (χ0n) is 7.53. The minimum absolute atomic E-state index is 0.286. The van der Waals surface area contributed by atoms with Crippen molar-refractivity contribution in [3.8, 4) is 0 Å². The number of furan rings is 1. The molecule has 1 atom stereocenters. The minimum Gasteiger partial charge on any atom is -0.467 e. The SMILES string of the molecule is CCC(OCc1ccco1)C(N)=O. The fraction of sp³-hybridized carbons (Fsp3) is 0.444. The lowest BCUT2D eigenvalue weighted by molar-refractivity contribution is -0.130. The zero-order valence-corrected chi connectivity index (χ0v) is 7.53. The normalized spacial score (nSPS) is 12.7. The van der Waals surface area contributed by atoms with Crippen molar-refractivity contribution in [1.82, 2.24) is 0 Å². The van der Waals surface area contributed by atoms with E-state index in [1.165, 1.54) is 0 Å². The van der Waals surface area contributed by atoms with Gasteiger partial charge in [-0.3, -0.25) is 4.79 Å². The summed E-state index contributed by atoms with van der Waals surface area (Å²) < 4.78 is 10.3. The van der Waals surface area contributed by atoms with Gasteiger partial charge in [0.05, 0.1) is 6.26 Å². The Labute approximate surface area is 76.7 Å². The van der Waals surface area contributed by atoms with Crippen LogP contribution >= 0.6 is 0 Å². The second kappa shape index (κ2) is 4.67. The van der Waals surface area contributed by atoms with E-state index in [1.807, 2.05) is 6.92 Å². The van der Waals surface area contributed by atoms with E-state index in [1.54, 1.807) is 18.4 Å². The molecule has 0 bridgehead atoms. The van der Waals surface area contributed by atoms with Crippen molar-refractivity contribution in [2.45, 2.75) is 26.1 Å². The van der Waals surface area contributed by atoms with Crippen molar-refractivity contribution in [1.29, 1.82) is 0 Å². The van der Waals surface area contributed by atoms with Crippen LogP contribution in [-0.2, 0) is 16.1 Å². The molecule has 0 radical (unpaired) electrons. The van der Waals surface area contributed by atoms with E-state index in [9.17, 15) is 4.79 Å². The molecule has 1 amide bonds. The summed E-state index contributed by atoms with van der Waals surface area (Å²) in [4.78, 5) is 10.8. The molecule has 1 aromatic rings. The molecule has 1 aromatic heterocycles. The second-order valence-electron chi connectivity index (χ2n) is 2.69. The molecule has 1 heterocycles. The van der Waals surface area contributed by atoms with E-state index >= 15 is 0 Å². The van der Waals surface area contributed by atoms with E-state index in [0.29, 0.717) is 12.2 Å². The molecule has 0 aliphatic carbocycles. The molecule has 2 N–H and O–H groups in total. The lowest BCUT2D eigenvalue weighted by atomic mass is 10.2. The van der Waals surface area contributed by atoms with Gasteiger partial charge in [-0.25, -0.2) is 0 Å². The van der Waals surface area contributed by atoms with E-state index in [0.717, 1.165) is 0 Å². The van der Waals surface area contributed by atoms with Crippen LogP contribution in [0.5, 0.6) is 0 Å². The van der Waals surface area contributed by atoms with E-state index in [-0.39, 0.29) is 6.61 Å². The number of primary amides is 1. The van der Waals surface area contributed by atoms with Gasteiger partial charge >= 0.3 is 0 Å². The molecule has 4 nitrogen and oxygen atoms in total. The first-order chi connectivity index (χ1) is 6.24. The van der Waals surface area contributed by atoms with Crippen molar-refractivity contribution in [3.63, 3.8) is 0 Å². The van der Waals surface area contributed by atoms with Gasteiger partial charge in [-0.05, 0) is 18.6 Å². The van der Waals surface area contributed by atoms with Gasteiger partial charge in [-0.2, -0.15) is 0 Å². The largest absolute Gasteiger partial charge is 0.467 e. The summed E-state index contributed by atoms with van der Waals surface area (Å²) in [5.74, 6) is 0.258. The fourth-order valence-electron chi connectivity index (χ4n) is 0.979. The minimum atomic E-state index is -0.523. The molecule has 1 rings (SSSR count). The molecule has 0 aliphatic rings. The van der Waals surface area contributed by atoms with Gasteiger partial charge in [0.15, 0.2) is 0 Å². The van der Waals surface area contributed by atoms with Gasteiger partial charge in [0.2, 0.25) is 5.91 Å². The van der Waals surface area contributed by atoms with E-state index in [4.69, 9.17) is 14.9 Å². The summed E-state index contributed by atoms with van der Waals surface area (Å²) in [6.45, 7) is 2.13. The highest BCUT2D eigenvalue weighted by Gasteiger charge is 2.13. The Kier molecular flexibility index (Phi) is 3.52.